The number of hydrogen-bond donors (Lipinski definition) is 1. The number of hydrogen-bond acceptors (Lipinski definition) is 4. The minimum atomic E-state index is -4.42. The third-order valence-electron chi connectivity index (χ3n) is 3.54. The van der Waals surface area contributed by atoms with E-state index in [-0.39, 0.29) is 23.4 Å². The van der Waals surface area contributed by atoms with Crippen molar-refractivity contribution < 1.29 is 27.2 Å². The predicted octanol–water partition coefficient (Wildman–Crippen LogP) is 3.67. The number of carbonyl (C=O) groups is 1. The van der Waals surface area contributed by atoms with E-state index in [0.717, 1.165) is 18.2 Å². The van der Waals surface area contributed by atoms with Gasteiger partial charge in [-0.15, -0.1) is 0 Å². The van der Waals surface area contributed by atoms with E-state index in [9.17, 15) is 22.8 Å². The second-order valence-electron chi connectivity index (χ2n) is 5.39. The highest BCUT2D eigenvalue weighted by molar-refractivity contribution is 5.92. The van der Waals surface area contributed by atoms with Crippen LogP contribution in [-0.2, 0) is 17.6 Å². The van der Waals surface area contributed by atoms with E-state index in [1.165, 1.54) is 12.1 Å². The number of alkyl halides is 3. The topological polar surface area (TPSA) is 68.5 Å². The predicted molar refractivity (Wildman–Crippen MR) is 86.2 cm³/mol. The molecule has 0 unspecified atom stereocenters. The Balaban J connectivity index is 1.63. The molecule has 0 aliphatic carbocycles. The molecule has 1 aromatic heterocycles. The number of benzene rings is 2. The van der Waals surface area contributed by atoms with Crippen LogP contribution >= 0.6 is 0 Å². The largest absolute Gasteiger partial charge is 0.451 e. The summed E-state index contributed by atoms with van der Waals surface area (Å²) in [4.78, 5) is 28.9. The number of amides is 1. The monoisotopic (exact) mass is 363 g/mol. The quantitative estimate of drug-likeness (QED) is 0.718. The number of nitrogens with one attached hydrogen (secondary N) is 1. The molecule has 1 N–H and O–H groups in total. The maximum absolute atomic E-state index is 12.5. The van der Waals surface area contributed by atoms with Crippen molar-refractivity contribution in [1.82, 2.24) is 5.48 Å². The number of hydroxylamine groups is 1. The normalized spacial score (nSPS) is 11.5. The molecular weight excluding hydrogens is 351 g/mol. The summed E-state index contributed by atoms with van der Waals surface area (Å²) >= 11 is 0. The first kappa shape index (κ1) is 17.7. The molecule has 134 valence electrons. The Morgan fingerprint density at radius 2 is 1.77 bits per heavy atom. The lowest BCUT2D eigenvalue weighted by molar-refractivity contribution is -0.137. The first-order chi connectivity index (χ1) is 12.3. The maximum atomic E-state index is 12.5. The second-order valence-corrected chi connectivity index (χ2v) is 5.39. The van der Waals surface area contributed by atoms with Gasteiger partial charge in [0.05, 0.1) is 17.6 Å². The van der Waals surface area contributed by atoms with Gasteiger partial charge in [0.1, 0.15) is 5.58 Å². The summed E-state index contributed by atoms with van der Waals surface area (Å²) in [6.45, 7) is -0.151. The smallest absolute Gasteiger partial charge is 0.416 e. The van der Waals surface area contributed by atoms with Crippen molar-refractivity contribution in [3.63, 3.8) is 0 Å². The molecule has 0 atom stereocenters. The summed E-state index contributed by atoms with van der Waals surface area (Å²) in [6, 6.07) is 11.8. The van der Waals surface area contributed by atoms with Gasteiger partial charge in [-0.1, -0.05) is 24.3 Å². The Morgan fingerprint density at radius 1 is 1.08 bits per heavy atom. The fourth-order valence-electron chi connectivity index (χ4n) is 2.24. The van der Waals surface area contributed by atoms with Crippen LogP contribution in [0, 0.1) is 0 Å². The summed E-state index contributed by atoms with van der Waals surface area (Å²) in [5.41, 5.74) is 1.63. The van der Waals surface area contributed by atoms with Gasteiger partial charge in [0.25, 0.3) is 0 Å². The Kier molecular flexibility index (Phi) is 4.77. The highest BCUT2D eigenvalue weighted by atomic mass is 19.4. The van der Waals surface area contributed by atoms with Crippen molar-refractivity contribution in [2.24, 2.45) is 0 Å². The van der Waals surface area contributed by atoms with Crippen LogP contribution in [0.4, 0.5) is 13.2 Å². The standard InChI is InChI=1S/C18H12F3NO4/c19-18(20,21)12-7-5-11(6-8-12)10-25-22-17(24)16-9-14(23)13-3-1-2-4-15(13)26-16/h1-9H,10H2,(H,22,24). The molecule has 3 aromatic rings. The molecule has 0 aliphatic heterocycles. The molecule has 0 spiro atoms. The first-order valence-corrected chi connectivity index (χ1v) is 7.46. The molecular formula is C18H12F3NO4. The second kappa shape index (κ2) is 7.01. The molecule has 0 bridgehead atoms. The molecule has 2 aromatic carbocycles. The zero-order chi connectivity index (χ0) is 18.7. The Bertz CT molecular complexity index is 994. The molecule has 8 heteroatoms. The van der Waals surface area contributed by atoms with Gasteiger partial charge >= 0.3 is 12.1 Å². The van der Waals surface area contributed by atoms with Crippen LogP contribution in [-0.4, -0.2) is 5.91 Å². The minimum Gasteiger partial charge on any atom is -0.451 e. The van der Waals surface area contributed by atoms with Gasteiger partial charge in [-0.3, -0.25) is 14.4 Å². The fourth-order valence-corrected chi connectivity index (χ4v) is 2.24. The van der Waals surface area contributed by atoms with Crippen molar-refractivity contribution in [1.29, 1.82) is 0 Å². The maximum Gasteiger partial charge on any atom is 0.416 e. The number of fused-ring (bicyclic) bond motifs is 1. The van der Waals surface area contributed by atoms with Gasteiger partial charge in [0.15, 0.2) is 11.2 Å². The Hall–Kier alpha value is -3.13. The summed E-state index contributed by atoms with van der Waals surface area (Å²) < 4.78 is 42.8. The van der Waals surface area contributed by atoms with Gasteiger partial charge in [-0.05, 0) is 29.8 Å². The summed E-state index contributed by atoms with van der Waals surface area (Å²) in [6.07, 6.45) is -4.42. The third-order valence-corrected chi connectivity index (χ3v) is 3.54. The van der Waals surface area contributed by atoms with Gasteiger partial charge in [-0.25, -0.2) is 5.48 Å². The van der Waals surface area contributed by atoms with Crippen molar-refractivity contribution in [2.45, 2.75) is 12.8 Å². The van der Waals surface area contributed by atoms with Crippen molar-refractivity contribution in [2.75, 3.05) is 0 Å². The average molecular weight is 363 g/mol. The fraction of sp³-hybridized carbons (Fsp3) is 0.111. The molecule has 0 saturated heterocycles. The Morgan fingerprint density at radius 3 is 2.46 bits per heavy atom. The molecule has 0 saturated carbocycles. The summed E-state index contributed by atoms with van der Waals surface area (Å²) in [5, 5.41) is 0.342. The van der Waals surface area contributed by atoms with E-state index < -0.39 is 17.6 Å². The van der Waals surface area contributed by atoms with Crippen LogP contribution in [0.2, 0.25) is 0 Å². The van der Waals surface area contributed by atoms with Gasteiger partial charge in [0.2, 0.25) is 0 Å². The van der Waals surface area contributed by atoms with Gasteiger partial charge in [-0.2, -0.15) is 13.2 Å². The van der Waals surface area contributed by atoms with Crippen LogP contribution in [0.15, 0.2) is 63.8 Å². The van der Waals surface area contributed by atoms with Crippen molar-refractivity contribution in [3.05, 3.63) is 81.7 Å². The molecule has 1 amide bonds. The molecule has 0 fully saturated rings. The summed E-state index contributed by atoms with van der Waals surface area (Å²) in [7, 11) is 0. The SMILES string of the molecule is O=C(NOCc1ccc(C(F)(F)F)cc1)c1cc(=O)c2ccccc2o1. The zero-order valence-corrected chi connectivity index (χ0v) is 13.2. The van der Waals surface area contributed by atoms with Crippen LogP contribution in [0.5, 0.6) is 0 Å². The molecule has 5 nitrogen and oxygen atoms in total. The lowest BCUT2D eigenvalue weighted by Gasteiger charge is -2.08. The van der Waals surface area contributed by atoms with Gasteiger partial charge in [0, 0.05) is 6.07 Å². The molecule has 0 radical (unpaired) electrons. The van der Waals surface area contributed by atoms with E-state index in [1.54, 1.807) is 24.3 Å². The zero-order valence-electron chi connectivity index (χ0n) is 13.2. The minimum absolute atomic E-state index is 0.151. The number of halogens is 3. The number of rotatable bonds is 4. The first-order valence-electron chi connectivity index (χ1n) is 7.46. The van der Waals surface area contributed by atoms with E-state index >= 15 is 0 Å². The van der Waals surface area contributed by atoms with E-state index in [2.05, 4.69) is 5.48 Å². The average Bonchev–Trinajstić information content (AvgIpc) is 2.61. The third kappa shape index (κ3) is 3.92. The number of carbonyl (C=O) groups excluding carboxylic acids is 1. The van der Waals surface area contributed by atoms with Crippen molar-refractivity contribution in [3.8, 4) is 0 Å². The Labute approximate surface area is 145 Å². The van der Waals surface area contributed by atoms with Crippen LogP contribution in [0.1, 0.15) is 21.7 Å². The van der Waals surface area contributed by atoms with Gasteiger partial charge < -0.3 is 4.42 Å². The lowest BCUT2D eigenvalue weighted by atomic mass is 10.1. The number of para-hydroxylation sites is 1. The van der Waals surface area contributed by atoms with E-state index in [4.69, 9.17) is 9.25 Å². The highest BCUT2D eigenvalue weighted by Crippen LogP contribution is 2.29. The van der Waals surface area contributed by atoms with Crippen LogP contribution in [0.3, 0.4) is 0 Å². The van der Waals surface area contributed by atoms with E-state index in [0.29, 0.717) is 10.9 Å². The lowest BCUT2D eigenvalue weighted by Crippen LogP contribution is -2.24. The summed E-state index contributed by atoms with van der Waals surface area (Å²) in [5.74, 6) is -1.01. The van der Waals surface area contributed by atoms with Crippen LogP contribution < -0.4 is 10.9 Å². The van der Waals surface area contributed by atoms with E-state index in [1.807, 2.05) is 0 Å². The molecule has 0 aliphatic rings. The molecule has 1 heterocycles. The molecule has 26 heavy (non-hydrogen) atoms. The highest BCUT2D eigenvalue weighted by Gasteiger charge is 2.29. The van der Waals surface area contributed by atoms with Crippen molar-refractivity contribution >= 4 is 16.9 Å². The molecule has 3 rings (SSSR count). The van der Waals surface area contributed by atoms with Crippen LogP contribution in [0.25, 0.3) is 11.0 Å².